The zero-order valence-electron chi connectivity index (χ0n) is 11.5. The number of hydrogen-bond donors (Lipinski definition) is 1. The lowest BCUT2D eigenvalue weighted by Crippen LogP contribution is -2.35. The van der Waals surface area contributed by atoms with E-state index in [4.69, 9.17) is 0 Å². The zero-order chi connectivity index (χ0) is 13.4. The molecule has 5 nitrogen and oxygen atoms in total. The van der Waals surface area contributed by atoms with Gasteiger partial charge in [-0.1, -0.05) is 12.8 Å². The molecule has 0 saturated heterocycles. The molecule has 1 N–H and O–H groups in total. The van der Waals surface area contributed by atoms with Crippen molar-refractivity contribution < 1.29 is 0 Å². The predicted octanol–water partition coefficient (Wildman–Crippen LogP) is 2.02. The third kappa shape index (κ3) is 1.93. The lowest BCUT2D eigenvalue weighted by molar-refractivity contribution is 0.438. The number of nitrogens with zero attached hydrogens (tertiary/aromatic N) is 4. The third-order valence-corrected chi connectivity index (χ3v) is 4.51. The fourth-order valence-corrected chi connectivity index (χ4v) is 3.49. The van der Waals surface area contributed by atoms with Gasteiger partial charge in [0.1, 0.15) is 5.82 Å². The Labute approximate surface area is 118 Å². The van der Waals surface area contributed by atoms with Gasteiger partial charge in [0.25, 0.3) is 0 Å². The van der Waals surface area contributed by atoms with Gasteiger partial charge in [0.2, 0.25) is 0 Å². The second kappa shape index (κ2) is 4.98. The minimum atomic E-state index is 0.148. The van der Waals surface area contributed by atoms with Gasteiger partial charge in [-0.2, -0.15) is 0 Å². The number of aromatic nitrogens is 4. The Morgan fingerprint density at radius 3 is 2.60 bits per heavy atom. The molecule has 1 aliphatic heterocycles. The molecule has 104 valence electrons. The van der Waals surface area contributed by atoms with Gasteiger partial charge in [0.15, 0.2) is 5.82 Å². The smallest absolute Gasteiger partial charge is 0.154 e. The monoisotopic (exact) mass is 269 g/mol. The highest BCUT2D eigenvalue weighted by atomic mass is 15.3. The topological polar surface area (TPSA) is 55.6 Å². The van der Waals surface area contributed by atoms with Gasteiger partial charge in [-0.3, -0.25) is 4.98 Å². The van der Waals surface area contributed by atoms with Crippen molar-refractivity contribution in [3.05, 3.63) is 41.7 Å². The maximum absolute atomic E-state index is 4.51. The van der Waals surface area contributed by atoms with Gasteiger partial charge >= 0.3 is 0 Å². The van der Waals surface area contributed by atoms with Crippen LogP contribution in [0.2, 0.25) is 0 Å². The summed E-state index contributed by atoms with van der Waals surface area (Å²) in [5, 5.41) is 12.5. The summed E-state index contributed by atoms with van der Waals surface area (Å²) in [7, 11) is 0. The molecule has 1 unspecified atom stereocenters. The molecule has 4 rings (SSSR count). The summed E-state index contributed by atoms with van der Waals surface area (Å²) in [6, 6.07) is 4.25. The Kier molecular flexibility index (Phi) is 2.99. The Balaban J connectivity index is 1.71. The van der Waals surface area contributed by atoms with E-state index in [9.17, 15) is 0 Å². The summed E-state index contributed by atoms with van der Waals surface area (Å²) in [6.07, 6.45) is 8.88. The first-order valence-electron chi connectivity index (χ1n) is 7.50. The Morgan fingerprint density at radius 2 is 1.80 bits per heavy atom. The number of rotatable bonds is 2. The maximum atomic E-state index is 4.51. The molecule has 2 aromatic rings. The van der Waals surface area contributed by atoms with Crippen LogP contribution in [0, 0.1) is 0 Å². The highest BCUT2D eigenvalue weighted by molar-refractivity contribution is 5.24. The van der Waals surface area contributed by atoms with E-state index in [0.29, 0.717) is 5.92 Å². The van der Waals surface area contributed by atoms with Crippen molar-refractivity contribution in [3.63, 3.8) is 0 Å². The van der Waals surface area contributed by atoms with Crippen molar-refractivity contribution >= 4 is 0 Å². The van der Waals surface area contributed by atoms with Crippen LogP contribution >= 0.6 is 0 Å². The van der Waals surface area contributed by atoms with Crippen molar-refractivity contribution in [2.75, 3.05) is 6.54 Å². The fourth-order valence-electron chi connectivity index (χ4n) is 3.49. The Bertz CT molecular complexity index is 586. The normalized spacial score (nSPS) is 22.9. The number of pyridine rings is 1. The minimum Gasteiger partial charge on any atom is -0.312 e. The van der Waals surface area contributed by atoms with Crippen molar-refractivity contribution in [1.82, 2.24) is 25.1 Å². The first-order valence-corrected chi connectivity index (χ1v) is 7.50. The largest absolute Gasteiger partial charge is 0.312 e. The first-order chi connectivity index (χ1) is 9.93. The van der Waals surface area contributed by atoms with Crippen molar-refractivity contribution in [3.8, 4) is 0 Å². The van der Waals surface area contributed by atoms with Crippen molar-refractivity contribution in [1.29, 1.82) is 0 Å². The molecule has 0 spiro atoms. The van der Waals surface area contributed by atoms with E-state index in [0.717, 1.165) is 18.9 Å². The van der Waals surface area contributed by atoms with Crippen LogP contribution in [0.1, 0.15) is 54.9 Å². The van der Waals surface area contributed by atoms with E-state index in [2.05, 4.69) is 37.2 Å². The average molecular weight is 269 g/mol. The van der Waals surface area contributed by atoms with Crippen LogP contribution in [0.15, 0.2) is 24.5 Å². The summed E-state index contributed by atoms with van der Waals surface area (Å²) in [4.78, 5) is 4.09. The van der Waals surface area contributed by atoms with Gasteiger partial charge < -0.3 is 9.88 Å². The molecule has 2 aromatic heterocycles. The fraction of sp³-hybridized carbons (Fsp3) is 0.533. The Morgan fingerprint density at radius 1 is 1.05 bits per heavy atom. The van der Waals surface area contributed by atoms with E-state index in [1.165, 1.54) is 37.1 Å². The molecule has 0 bridgehead atoms. The van der Waals surface area contributed by atoms with Gasteiger partial charge in [-0.05, 0) is 30.5 Å². The molecule has 0 aromatic carbocycles. The minimum absolute atomic E-state index is 0.148. The molecule has 1 saturated carbocycles. The van der Waals surface area contributed by atoms with E-state index in [1.807, 2.05) is 12.4 Å². The molecule has 0 radical (unpaired) electrons. The summed E-state index contributed by atoms with van der Waals surface area (Å²) in [6.45, 7) is 1.95. The van der Waals surface area contributed by atoms with E-state index >= 15 is 0 Å². The molecule has 20 heavy (non-hydrogen) atoms. The molecule has 1 aliphatic carbocycles. The quantitative estimate of drug-likeness (QED) is 0.906. The zero-order valence-corrected chi connectivity index (χ0v) is 11.5. The molecule has 1 atom stereocenters. The van der Waals surface area contributed by atoms with Crippen LogP contribution in [-0.4, -0.2) is 26.3 Å². The van der Waals surface area contributed by atoms with Gasteiger partial charge in [-0.15, -0.1) is 10.2 Å². The number of fused-ring (bicyclic) bond motifs is 1. The lowest BCUT2D eigenvalue weighted by Gasteiger charge is -2.26. The van der Waals surface area contributed by atoms with E-state index in [1.54, 1.807) is 0 Å². The highest BCUT2D eigenvalue weighted by Crippen LogP contribution is 2.35. The van der Waals surface area contributed by atoms with Crippen LogP contribution in [0.4, 0.5) is 0 Å². The van der Waals surface area contributed by atoms with Crippen LogP contribution < -0.4 is 5.32 Å². The third-order valence-electron chi connectivity index (χ3n) is 4.51. The molecular formula is C15H19N5. The lowest BCUT2D eigenvalue weighted by atomic mass is 10.0. The van der Waals surface area contributed by atoms with E-state index < -0.39 is 0 Å². The van der Waals surface area contributed by atoms with E-state index in [-0.39, 0.29) is 6.04 Å². The van der Waals surface area contributed by atoms with Crippen molar-refractivity contribution in [2.24, 2.45) is 0 Å². The van der Waals surface area contributed by atoms with Gasteiger partial charge in [-0.25, -0.2) is 0 Å². The molecule has 2 aliphatic rings. The summed E-state index contributed by atoms with van der Waals surface area (Å²) in [5.41, 5.74) is 1.21. The maximum Gasteiger partial charge on any atom is 0.154 e. The summed E-state index contributed by atoms with van der Waals surface area (Å²) < 4.78 is 2.34. The van der Waals surface area contributed by atoms with Crippen LogP contribution in [0.25, 0.3) is 0 Å². The van der Waals surface area contributed by atoms with Gasteiger partial charge in [0.05, 0.1) is 6.04 Å². The molecule has 1 fully saturated rings. The predicted molar refractivity (Wildman–Crippen MR) is 75.3 cm³/mol. The first kappa shape index (κ1) is 12.0. The number of hydrogen-bond acceptors (Lipinski definition) is 4. The highest BCUT2D eigenvalue weighted by Gasteiger charge is 2.30. The van der Waals surface area contributed by atoms with Crippen molar-refractivity contribution in [2.45, 2.75) is 44.2 Å². The van der Waals surface area contributed by atoms with Crippen LogP contribution in [0.5, 0.6) is 0 Å². The SMILES string of the molecule is c1cc(C2NCCn3c(C4CCCC4)nnc32)ccn1. The Hall–Kier alpha value is -1.75. The summed E-state index contributed by atoms with van der Waals surface area (Å²) >= 11 is 0. The molecule has 3 heterocycles. The summed E-state index contributed by atoms with van der Waals surface area (Å²) in [5.74, 6) is 2.88. The molecule has 5 heteroatoms. The second-order valence-corrected chi connectivity index (χ2v) is 5.72. The second-order valence-electron chi connectivity index (χ2n) is 5.72. The average Bonchev–Trinajstić information content (AvgIpc) is 3.16. The number of nitrogens with one attached hydrogen (secondary N) is 1. The van der Waals surface area contributed by atoms with Crippen LogP contribution in [-0.2, 0) is 6.54 Å². The van der Waals surface area contributed by atoms with Gasteiger partial charge in [0, 0.05) is 31.4 Å². The standard InChI is InChI=1S/C15H19N5/c1-2-4-12(3-1)14-18-19-15-13(17-9-10-20(14)15)11-5-7-16-8-6-11/h5-8,12-13,17H,1-4,9-10H2. The molecular weight excluding hydrogens is 250 g/mol. The van der Waals surface area contributed by atoms with Crippen LogP contribution in [0.3, 0.4) is 0 Å². The molecule has 0 amide bonds.